The van der Waals surface area contributed by atoms with Crippen LogP contribution in [0.4, 0.5) is 5.69 Å². The second kappa shape index (κ2) is 9.18. The summed E-state index contributed by atoms with van der Waals surface area (Å²) in [7, 11) is 0. The lowest BCUT2D eigenvalue weighted by Gasteiger charge is -2.31. The minimum atomic E-state index is -0.0506. The maximum Gasteiger partial charge on any atom is 0.234 e. The van der Waals surface area contributed by atoms with Gasteiger partial charge in [-0.2, -0.15) is 0 Å². The highest BCUT2D eigenvalue weighted by Crippen LogP contribution is 2.35. The number of benzene rings is 2. The third-order valence-electron chi connectivity index (χ3n) is 6.18. The molecule has 156 valence electrons. The highest BCUT2D eigenvalue weighted by atomic mass is 32.1. The van der Waals surface area contributed by atoms with Crippen molar-refractivity contribution in [2.45, 2.75) is 64.8 Å². The smallest absolute Gasteiger partial charge is 0.234 e. The molecule has 3 aromatic rings. The minimum Gasteiger partial charge on any atom is -0.307 e. The second-order valence-corrected chi connectivity index (χ2v) is 9.79. The van der Waals surface area contributed by atoms with Crippen LogP contribution < -0.4 is 4.90 Å². The molecule has 1 atom stereocenters. The highest BCUT2D eigenvalue weighted by Gasteiger charge is 2.31. The molecule has 1 aliphatic carbocycles. The molecule has 30 heavy (non-hydrogen) atoms. The lowest BCUT2D eigenvalue weighted by Crippen LogP contribution is -2.36. The van der Waals surface area contributed by atoms with Crippen LogP contribution in [0, 0.1) is 0 Å². The quantitative estimate of drug-likeness (QED) is 0.419. The third-order valence-corrected chi connectivity index (χ3v) is 7.40. The molecule has 4 rings (SSSR count). The zero-order chi connectivity index (χ0) is 21.1. The van der Waals surface area contributed by atoms with Gasteiger partial charge in [0.2, 0.25) is 5.91 Å². The Morgan fingerprint density at radius 3 is 2.47 bits per heavy atom. The summed E-state index contributed by atoms with van der Waals surface area (Å²) in [4.78, 5) is 18.5. The molecule has 1 aliphatic rings. The van der Waals surface area contributed by atoms with Crippen LogP contribution in [-0.4, -0.2) is 5.91 Å². The van der Waals surface area contributed by atoms with E-state index in [2.05, 4.69) is 81.4 Å². The van der Waals surface area contributed by atoms with Gasteiger partial charge in [0.15, 0.2) is 0 Å². The number of hydrogen-bond donors (Lipinski definition) is 0. The summed E-state index contributed by atoms with van der Waals surface area (Å²) in [5, 5.41) is 0. The van der Waals surface area contributed by atoms with Crippen LogP contribution in [0.1, 0.15) is 71.9 Å². The van der Waals surface area contributed by atoms with Crippen molar-refractivity contribution < 1.29 is 4.79 Å². The van der Waals surface area contributed by atoms with Gasteiger partial charge in [0, 0.05) is 15.4 Å². The number of nitrogens with zero attached hydrogens (tertiary/aromatic N) is 1. The van der Waals surface area contributed by atoms with Gasteiger partial charge in [-0.25, -0.2) is 0 Å². The largest absolute Gasteiger partial charge is 0.307 e. The van der Waals surface area contributed by atoms with Gasteiger partial charge in [0.1, 0.15) is 0 Å². The van der Waals surface area contributed by atoms with Crippen LogP contribution in [0.25, 0.3) is 0 Å². The Bertz CT molecular complexity index is 1000. The maximum absolute atomic E-state index is 13.9. The number of anilines is 1. The van der Waals surface area contributed by atoms with Crippen molar-refractivity contribution in [3.8, 4) is 0 Å². The maximum atomic E-state index is 13.9. The number of carbonyl (C=O) groups excluding carboxylic acids is 1. The van der Waals surface area contributed by atoms with Crippen LogP contribution in [0.5, 0.6) is 0 Å². The Morgan fingerprint density at radius 1 is 1.03 bits per heavy atom. The number of rotatable bonds is 6. The van der Waals surface area contributed by atoms with Crippen molar-refractivity contribution in [2.24, 2.45) is 0 Å². The fourth-order valence-corrected chi connectivity index (χ4v) is 5.33. The molecule has 2 aromatic carbocycles. The molecule has 0 N–H and O–H groups in total. The average molecular weight is 418 g/mol. The first kappa shape index (κ1) is 20.9. The summed E-state index contributed by atoms with van der Waals surface area (Å²) in [6.45, 7) is 7.23. The van der Waals surface area contributed by atoms with Gasteiger partial charge in [-0.3, -0.25) is 4.79 Å². The van der Waals surface area contributed by atoms with Crippen LogP contribution in [0.15, 0.2) is 60.7 Å². The van der Waals surface area contributed by atoms with Crippen LogP contribution in [-0.2, 0) is 24.2 Å². The first-order valence-corrected chi connectivity index (χ1v) is 11.9. The number of amides is 1. The Hall–Kier alpha value is -2.39. The predicted octanol–water partition coefficient (Wildman–Crippen LogP) is 7.09. The minimum absolute atomic E-state index is 0.0506. The molecular formula is C27H31NOS. The monoisotopic (exact) mass is 417 g/mol. The Kier molecular flexibility index (Phi) is 6.38. The first-order valence-electron chi connectivity index (χ1n) is 11.1. The number of thiophene rings is 1. The summed E-state index contributed by atoms with van der Waals surface area (Å²) in [5.74, 6) is 0.661. The molecule has 0 saturated heterocycles. The predicted molar refractivity (Wildman–Crippen MR) is 128 cm³/mol. The SMILES string of the molecule is CCc1ccc(CN(C(=O)C2CCCc3ccccc32)c2ccc(C(C)C)cc2)s1. The van der Waals surface area contributed by atoms with Gasteiger partial charge >= 0.3 is 0 Å². The van der Waals surface area contributed by atoms with Gasteiger partial charge in [-0.05, 0) is 72.6 Å². The molecule has 0 radical (unpaired) electrons. The fraction of sp³-hybridized carbons (Fsp3) is 0.370. The molecular weight excluding hydrogens is 386 g/mol. The van der Waals surface area contributed by atoms with Gasteiger partial charge < -0.3 is 4.90 Å². The standard InChI is InChI=1S/C27H31NOS/c1-4-23-16-17-24(30-23)18-28(22-14-12-20(13-15-22)19(2)3)27(29)26-11-7-9-21-8-5-6-10-25(21)26/h5-6,8,10,12-17,19,26H,4,7,9,11,18H2,1-3H3. The molecule has 1 aromatic heterocycles. The van der Waals surface area contributed by atoms with Crippen LogP contribution in [0.3, 0.4) is 0 Å². The Labute approximate surface area is 184 Å². The van der Waals surface area contributed by atoms with E-state index in [1.165, 1.54) is 26.4 Å². The summed E-state index contributed by atoms with van der Waals surface area (Å²) in [6.07, 6.45) is 4.12. The van der Waals surface area contributed by atoms with Gasteiger partial charge in [-0.1, -0.05) is 57.2 Å². The third kappa shape index (κ3) is 4.37. The van der Waals surface area contributed by atoms with E-state index in [1.807, 2.05) is 16.2 Å². The molecule has 0 saturated carbocycles. The summed E-state index contributed by atoms with van der Waals surface area (Å²) in [6, 6.07) is 21.4. The molecule has 0 bridgehead atoms. The molecule has 3 heteroatoms. The van der Waals surface area contributed by atoms with Crippen molar-refractivity contribution in [3.63, 3.8) is 0 Å². The van der Waals surface area contributed by atoms with Crippen LogP contribution in [0.2, 0.25) is 0 Å². The van der Waals surface area contributed by atoms with E-state index in [-0.39, 0.29) is 11.8 Å². The van der Waals surface area contributed by atoms with Crippen molar-refractivity contribution in [1.29, 1.82) is 0 Å². The highest BCUT2D eigenvalue weighted by molar-refractivity contribution is 7.12. The van der Waals surface area contributed by atoms with Gasteiger partial charge in [-0.15, -0.1) is 11.3 Å². The zero-order valence-corrected chi connectivity index (χ0v) is 19.0. The van der Waals surface area contributed by atoms with Crippen LogP contribution >= 0.6 is 11.3 Å². The molecule has 1 amide bonds. The van der Waals surface area contributed by atoms with Crippen molar-refractivity contribution >= 4 is 22.9 Å². The van der Waals surface area contributed by atoms with E-state index in [9.17, 15) is 4.79 Å². The first-order chi connectivity index (χ1) is 14.6. The molecule has 0 spiro atoms. The lowest BCUT2D eigenvalue weighted by molar-refractivity contribution is -0.120. The number of hydrogen-bond acceptors (Lipinski definition) is 2. The second-order valence-electron chi connectivity index (χ2n) is 8.54. The van der Waals surface area contributed by atoms with Gasteiger partial charge in [0.25, 0.3) is 0 Å². The number of fused-ring (bicyclic) bond motifs is 1. The summed E-state index contributed by atoms with van der Waals surface area (Å²) in [5.41, 5.74) is 4.86. The zero-order valence-electron chi connectivity index (χ0n) is 18.2. The molecule has 2 nitrogen and oxygen atoms in total. The molecule has 0 fully saturated rings. The van der Waals surface area contributed by atoms with Crippen molar-refractivity contribution in [3.05, 3.63) is 87.1 Å². The van der Waals surface area contributed by atoms with E-state index in [4.69, 9.17) is 0 Å². The fourth-order valence-electron chi connectivity index (χ4n) is 4.39. The van der Waals surface area contributed by atoms with E-state index in [0.29, 0.717) is 12.5 Å². The normalized spacial score (nSPS) is 15.8. The molecule has 1 unspecified atom stereocenters. The molecule has 1 heterocycles. The van der Waals surface area contributed by atoms with E-state index in [1.54, 1.807) is 0 Å². The number of carbonyl (C=O) groups is 1. The molecule has 0 aliphatic heterocycles. The van der Waals surface area contributed by atoms with Gasteiger partial charge in [0.05, 0.1) is 12.5 Å². The number of aryl methyl sites for hydroxylation is 2. The van der Waals surface area contributed by atoms with Crippen molar-refractivity contribution in [2.75, 3.05) is 4.90 Å². The lowest BCUT2D eigenvalue weighted by atomic mass is 9.82. The Balaban J connectivity index is 1.68. The Morgan fingerprint density at radius 2 is 1.77 bits per heavy atom. The topological polar surface area (TPSA) is 20.3 Å². The van der Waals surface area contributed by atoms with E-state index < -0.39 is 0 Å². The van der Waals surface area contributed by atoms with Crippen molar-refractivity contribution in [1.82, 2.24) is 0 Å². The summed E-state index contributed by atoms with van der Waals surface area (Å²) < 4.78 is 0. The van der Waals surface area contributed by atoms with E-state index in [0.717, 1.165) is 31.4 Å². The average Bonchev–Trinajstić information content (AvgIpc) is 3.24. The van der Waals surface area contributed by atoms with E-state index >= 15 is 0 Å². The summed E-state index contributed by atoms with van der Waals surface area (Å²) >= 11 is 1.82.